The number of para-hydroxylation sites is 2. The number of rotatable bonds is 15. The Labute approximate surface area is 247 Å². The number of nitrogens with zero attached hydrogens (tertiary/aromatic N) is 2. The zero-order valence-electron chi connectivity index (χ0n) is 24.2. The fourth-order valence-corrected chi connectivity index (χ4v) is 7.31. The van der Waals surface area contributed by atoms with Crippen molar-refractivity contribution >= 4 is 32.6 Å². The van der Waals surface area contributed by atoms with Gasteiger partial charge >= 0.3 is 0 Å². The van der Waals surface area contributed by atoms with Crippen molar-refractivity contribution in [3.8, 4) is 0 Å². The van der Waals surface area contributed by atoms with Crippen molar-refractivity contribution < 1.29 is 27.2 Å². The summed E-state index contributed by atoms with van der Waals surface area (Å²) in [5.41, 5.74) is 1.75. The molecule has 2 fully saturated rings. The van der Waals surface area contributed by atoms with Gasteiger partial charge < -0.3 is 14.5 Å². The zero-order valence-corrected chi connectivity index (χ0v) is 25.1. The average molecular weight is 596 g/mol. The van der Waals surface area contributed by atoms with Gasteiger partial charge in [0.25, 0.3) is 5.89 Å². The highest BCUT2D eigenvalue weighted by molar-refractivity contribution is 7.90. The molecular weight excluding hydrogens is 554 g/mol. The molecule has 2 atom stereocenters. The summed E-state index contributed by atoms with van der Waals surface area (Å²) < 4.78 is 38.4. The van der Waals surface area contributed by atoms with E-state index in [0.717, 1.165) is 25.7 Å². The van der Waals surface area contributed by atoms with Crippen LogP contribution in [0, 0.1) is 11.8 Å². The van der Waals surface area contributed by atoms with E-state index in [1.54, 1.807) is 30.3 Å². The lowest BCUT2D eigenvalue weighted by molar-refractivity contribution is -0.126. The molecular formula is C32H41N3O6S. The summed E-state index contributed by atoms with van der Waals surface area (Å²) in [6.45, 7) is 4.56. The minimum Gasteiger partial charge on any atom is -0.434 e. The fourth-order valence-electron chi connectivity index (χ4n) is 5.65. The van der Waals surface area contributed by atoms with Crippen LogP contribution in [0.15, 0.2) is 59.0 Å². The number of hydrogen-bond acceptors (Lipinski definition) is 8. The minimum atomic E-state index is -3.66. The normalized spacial score (nSPS) is 17.8. The quantitative estimate of drug-likeness (QED) is 0.257. The Hall–Kier alpha value is -3.08. The number of carbonyl (C=O) groups is 2. The SMILES string of the molecule is CCCC(NC(=O)C(CS(=O)(=O)Cc1ccccc1)N(CC1CCOCC1)CC1CC1)C(=O)c1nc2ccccc2o1. The number of ketones is 1. The van der Waals surface area contributed by atoms with Gasteiger partial charge in [-0.15, -0.1) is 0 Å². The number of aromatic nitrogens is 1. The summed E-state index contributed by atoms with van der Waals surface area (Å²) in [4.78, 5) is 34.1. The van der Waals surface area contributed by atoms with Crippen LogP contribution in [0.5, 0.6) is 0 Å². The van der Waals surface area contributed by atoms with Crippen molar-refractivity contribution in [2.75, 3.05) is 32.1 Å². The Morgan fingerprint density at radius 3 is 2.31 bits per heavy atom. The number of nitrogens with one attached hydrogen (secondary N) is 1. The van der Waals surface area contributed by atoms with E-state index in [-0.39, 0.29) is 17.4 Å². The van der Waals surface area contributed by atoms with Gasteiger partial charge in [0.2, 0.25) is 11.7 Å². The number of hydrogen-bond donors (Lipinski definition) is 1. The molecule has 10 heteroatoms. The van der Waals surface area contributed by atoms with Crippen LogP contribution in [-0.2, 0) is 25.1 Å². The molecule has 2 unspecified atom stereocenters. The van der Waals surface area contributed by atoms with Crippen LogP contribution in [-0.4, -0.2) is 74.1 Å². The second-order valence-electron chi connectivity index (χ2n) is 11.7. The lowest BCUT2D eigenvalue weighted by atomic mass is 9.98. The van der Waals surface area contributed by atoms with Crippen LogP contribution in [0.25, 0.3) is 11.1 Å². The van der Waals surface area contributed by atoms with Crippen molar-refractivity contribution in [3.05, 3.63) is 66.1 Å². The van der Waals surface area contributed by atoms with Crippen molar-refractivity contribution in [1.82, 2.24) is 15.2 Å². The molecule has 0 bridgehead atoms. The second-order valence-corrected chi connectivity index (χ2v) is 13.8. The van der Waals surface area contributed by atoms with Crippen LogP contribution in [0.4, 0.5) is 0 Å². The molecule has 2 aromatic carbocycles. The molecule has 1 aliphatic carbocycles. The van der Waals surface area contributed by atoms with Gasteiger partial charge in [0.15, 0.2) is 15.4 Å². The predicted molar refractivity (Wildman–Crippen MR) is 161 cm³/mol. The predicted octanol–water partition coefficient (Wildman–Crippen LogP) is 4.42. The summed E-state index contributed by atoms with van der Waals surface area (Å²) in [5, 5.41) is 2.94. The largest absolute Gasteiger partial charge is 0.434 e. The molecule has 0 spiro atoms. The standard InChI is InChI=1S/C32H41N3O6S/c1-2-8-27(30(36)32-34-26-11-6-7-12-29(26)41-32)33-31(37)28(22-42(38,39)21-25-9-4-3-5-10-25)35(19-23-13-14-23)20-24-15-17-40-18-16-24/h3-7,9-12,23-24,27-28H,2,8,13-22H2,1H3,(H,33,37). The molecule has 5 rings (SSSR count). The number of carbonyl (C=O) groups excluding carboxylic acids is 2. The number of ether oxygens (including phenoxy) is 1. The monoisotopic (exact) mass is 595 g/mol. The highest BCUT2D eigenvalue weighted by Crippen LogP contribution is 2.32. The molecule has 1 amide bonds. The molecule has 3 aromatic rings. The second kappa shape index (κ2) is 13.9. The lowest BCUT2D eigenvalue weighted by Gasteiger charge is -2.35. The van der Waals surface area contributed by atoms with E-state index in [4.69, 9.17) is 9.15 Å². The Morgan fingerprint density at radius 2 is 1.64 bits per heavy atom. The molecule has 1 N–H and O–H groups in total. The highest BCUT2D eigenvalue weighted by atomic mass is 32.2. The molecule has 1 saturated heterocycles. The van der Waals surface area contributed by atoms with E-state index in [1.807, 2.05) is 31.2 Å². The minimum absolute atomic E-state index is 0.0553. The van der Waals surface area contributed by atoms with Crippen molar-refractivity contribution in [2.24, 2.45) is 11.8 Å². The van der Waals surface area contributed by atoms with Gasteiger partial charge in [-0.05, 0) is 61.6 Å². The van der Waals surface area contributed by atoms with Gasteiger partial charge in [-0.25, -0.2) is 13.4 Å². The number of amides is 1. The van der Waals surface area contributed by atoms with E-state index in [1.165, 1.54) is 0 Å². The fraction of sp³-hybridized carbons (Fsp3) is 0.531. The number of fused-ring (bicyclic) bond motifs is 1. The third-order valence-corrected chi connectivity index (χ3v) is 9.72. The Kier molecular flexibility index (Phi) is 10.1. The van der Waals surface area contributed by atoms with Crippen LogP contribution in [0.1, 0.15) is 61.7 Å². The summed E-state index contributed by atoms with van der Waals surface area (Å²) in [6, 6.07) is 14.4. The summed E-state index contributed by atoms with van der Waals surface area (Å²) in [7, 11) is -3.66. The van der Waals surface area contributed by atoms with Crippen molar-refractivity contribution in [1.29, 1.82) is 0 Å². The van der Waals surface area contributed by atoms with E-state index < -0.39 is 33.6 Å². The number of sulfone groups is 1. The maximum atomic E-state index is 14.1. The summed E-state index contributed by atoms with van der Waals surface area (Å²) in [5.74, 6) is -0.610. The van der Waals surface area contributed by atoms with Crippen LogP contribution in [0.3, 0.4) is 0 Å². The van der Waals surface area contributed by atoms with Crippen LogP contribution < -0.4 is 5.32 Å². The third-order valence-electron chi connectivity index (χ3n) is 8.12. The number of oxazole rings is 1. The number of benzene rings is 2. The molecule has 42 heavy (non-hydrogen) atoms. The first-order valence-electron chi connectivity index (χ1n) is 15.1. The molecule has 2 aliphatic rings. The average Bonchev–Trinajstić information content (AvgIpc) is 3.70. The Bertz CT molecular complexity index is 1410. The smallest absolute Gasteiger partial charge is 0.266 e. The Morgan fingerprint density at radius 1 is 0.976 bits per heavy atom. The van der Waals surface area contributed by atoms with Crippen LogP contribution in [0.2, 0.25) is 0 Å². The van der Waals surface area contributed by atoms with Gasteiger partial charge in [-0.3, -0.25) is 14.5 Å². The van der Waals surface area contributed by atoms with E-state index >= 15 is 0 Å². The molecule has 1 aliphatic heterocycles. The molecule has 9 nitrogen and oxygen atoms in total. The van der Waals surface area contributed by atoms with E-state index in [0.29, 0.717) is 67.6 Å². The van der Waals surface area contributed by atoms with Crippen LogP contribution >= 0.6 is 0 Å². The van der Waals surface area contributed by atoms with Gasteiger partial charge in [0.05, 0.1) is 17.5 Å². The maximum absolute atomic E-state index is 14.1. The zero-order chi connectivity index (χ0) is 29.5. The molecule has 2 heterocycles. The first-order valence-corrected chi connectivity index (χ1v) is 16.9. The third kappa shape index (κ3) is 8.26. The molecule has 1 saturated carbocycles. The lowest BCUT2D eigenvalue weighted by Crippen LogP contribution is -2.55. The van der Waals surface area contributed by atoms with Crippen molar-refractivity contribution in [3.63, 3.8) is 0 Å². The van der Waals surface area contributed by atoms with Gasteiger partial charge in [0, 0.05) is 26.3 Å². The first kappa shape index (κ1) is 30.4. The first-order chi connectivity index (χ1) is 20.3. The topological polar surface area (TPSA) is 119 Å². The van der Waals surface area contributed by atoms with E-state index in [2.05, 4.69) is 15.2 Å². The van der Waals surface area contributed by atoms with E-state index in [9.17, 15) is 18.0 Å². The highest BCUT2D eigenvalue weighted by Gasteiger charge is 2.38. The van der Waals surface area contributed by atoms with Crippen molar-refractivity contribution in [2.45, 2.75) is 63.3 Å². The molecule has 226 valence electrons. The maximum Gasteiger partial charge on any atom is 0.266 e. The summed E-state index contributed by atoms with van der Waals surface area (Å²) in [6.07, 6.45) is 4.92. The number of Topliss-reactive ketones (excluding diaryl/α,β-unsaturated/α-hetero) is 1. The van der Waals surface area contributed by atoms with Gasteiger partial charge in [0.1, 0.15) is 11.6 Å². The Balaban J connectivity index is 1.40. The molecule has 1 aromatic heterocycles. The van der Waals surface area contributed by atoms with Gasteiger partial charge in [-0.2, -0.15) is 0 Å². The molecule has 0 radical (unpaired) electrons. The summed E-state index contributed by atoms with van der Waals surface area (Å²) >= 11 is 0. The van der Waals surface area contributed by atoms with Gasteiger partial charge in [-0.1, -0.05) is 55.8 Å².